The third-order valence-corrected chi connectivity index (χ3v) is 5.28. The summed E-state index contributed by atoms with van der Waals surface area (Å²) >= 11 is 0. The Morgan fingerprint density at radius 1 is 0.812 bits per heavy atom. The lowest BCUT2D eigenvalue weighted by Gasteiger charge is -2.45. The van der Waals surface area contributed by atoms with Crippen LogP contribution in [0.2, 0.25) is 0 Å². The molecule has 3 rings (SSSR count). The summed E-state index contributed by atoms with van der Waals surface area (Å²) in [5.41, 5.74) is 0. The normalized spacial score (nSPS) is 48.3. The van der Waals surface area contributed by atoms with E-state index in [9.17, 15) is 9.90 Å². The fraction of sp³-hybridized carbons (Fsp3) is 0.929. The summed E-state index contributed by atoms with van der Waals surface area (Å²) in [6.45, 7) is 0. The molecular formula is C14H23O2+. The van der Waals surface area contributed by atoms with Crippen LogP contribution in [0.4, 0.5) is 0 Å². The second kappa shape index (κ2) is 4.14. The molecule has 90 valence electrons. The minimum absolute atomic E-state index is 0.133. The maximum Gasteiger partial charge on any atom is 0.299 e. The van der Waals surface area contributed by atoms with Crippen molar-refractivity contribution >= 4 is 5.78 Å². The Morgan fingerprint density at radius 3 is 1.75 bits per heavy atom. The smallest absolute Gasteiger partial charge is 0.299 e. The Kier molecular flexibility index (Phi) is 2.78. The van der Waals surface area contributed by atoms with Crippen LogP contribution in [0.1, 0.15) is 51.4 Å². The van der Waals surface area contributed by atoms with Crippen LogP contribution in [0.15, 0.2) is 0 Å². The molecule has 2 nitrogen and oxygen atoms in total. The Balaban J connectivity index is 1.86. The fourth-order valence-electron chi connectivity index (χ4n) is 4.46. The van der Waals surface area contributed by atoms with Gasteiger partial charge in [-0.3, -0.25) is 4.79 Å². The van der Waals surface area contributed by atoms with Crippen LogP contribution >= 0.6 is 0 Å². The molecule has 3 saturated carbocycles. The van der Waals surface area contributed by atoms with E-state index < -0.39 is 0 Å². The zero-order valence-corrected chi connectivity index (χ0v) is 9.94. The van der Waals surface area contributed by atoms with Crippen LogP contribution in [0, 0.1) is 23.7 Å². The van der Waals surface area contributed by atoms with E-state index in [0.717, 1.165) is 31.5 Å². The summed E-state index contributed by atoms with van der Waals surface area (Å²) in [6.07, 6.45) is 9.27. The molecule has 0 aromatic heterocycles. The maximum absolute atomic E-state index is 10.5. The average molecular weight is 223 g/mol. The van der Waals surface area contributed by atoms with Gasteiger partial charge >= 0.3 is 0 Å². The average Bonchev–Trinajstić information content (AvgIpc) is 2.36. The second-order valence-corrected chi connectivity index (χ2v) is 6.03. The number of aliphatic hydroxyl groups excluding tert-OH is 1. The first-order chi connectivity index (χ1) is 7.79. The Labute approximate surface area is 97.4 Å². The predicted octanol–water partition coefficient (Wildman–Crippen LogP) is 2.52. The lowest BCUT2D eigenvalue weighted by molar-refractivity contribution is -0.0281. The maximum atomic E-state index is 10.5. The van der Waals surface area contributed by atoms with Crippen molar-refractivity contribution in [3.05, 3.63) is 0 Å². The van der Waals surface area contributed by atoms with Gasteiger partial charge in [-0.05, 0) is 25.7 Å². The largest absolute Gasteiger partial charge is 0.392 e. The molecule has 2 N–H and O–H groups in total. The second-order valence-electron chi connectivity index (χ2n) is 6.03. The van der Waals surface area contributed by atoms with Crippen LogP contribution in [0.25, 0.3) is 0 Å². The summed E-state index contributed by atoms with van der Waals surface area (Å²) in [7, 11) is 0. The number of fused-ring (bicyclic) bond motifs is 2. The van der Waals surface area contributed by atoms with Crippen LogP contribution < -0.4 is 0 Å². The first-order valence-corrected chi connectivity index (χ1v) is 7.03. The molecule has 0 radical (unpaired) electrons. The molecule has 0 aliphatic heterocycles. The highest BCUT2D eigenvalue weighted by molar-refractivity contribution is 5.86. The van der Waals surface area contributed by atoms with Gasteiger partial charge in [0, 0.05) is 11.8 Å². The van der Waals surface area contributed by atoms with Gasteiger partial charge in [-0.25, -0.2) is 0 Å². The highest BCUT2D eigenvalue weighted by atomic mass is 16.3. The van der Waals surface area contributed by atoms with E-state index >= 15 is 0 Å². The molecule has 0 spiro atoms. The molecule has 0 amide bonds. The molecule has 0 aromatic carbocycles. The van der Waals surface area contributed by atoms with E-state index in [1.54, 1.807) is 0 Å². The number of rotatable bonds is 0. The number of carbonyl (C=O) groups excluding carboxylic acids is 1. The monoisotopic (exact) mass is 223 g/mol. The summed E-state index contributed by atoms with van der Waals surface area (Å²) in [4.78, 5) is 10.4. The third-order valence-electron chi connectivity index (χ3n) is 5.28. The molecule has 4 atom stereocenters. The fourth-order valence-corrected chi connectivity index (χ4v) is 4.46. The van der Waals surface area contributed by atoms with Gasteiger partial charge in [-0.15, -0.1) is 0 Å². The first kappa shape index (κ1) is 10.8. The molecule has 0 saturated heterocycles. The Morgan fingerprint density at radius 2 is 1.25 bits per heavy atom. The lowest BCUT2D eigenvalue weighted by Crippen LogP contribution is -2.52. The van der Waals surface area contributed by atoms with Crippen molar-refractivity contribution in [2.24, 2.45) is 23.7 Å². The van der Waals surface area contributed by atoms with Crippen LogP contribution in [0.3, 0.4) is 0 Å². The summed E-state index contributed by atoms with van der Waals surface area (Å²) in [6, 6.07) is 0. The molecule has 0 bridgehead atoms. The summed E-state index contributed by atoms with van der Waals surface area (Å²) in [5, 5.41) is 10.5. The van der Waals surface area contributed by atoms with Gasteiger partial charge in [-0.1, -0.05) is 25.7 Å². The van der Waals surface area contributed by atoms with E-state index in [0.29, 0.717) is 23.7 Å². The van der Waals surface area contributed by atoms with Gasteiger partial charge in [0.15, 0.2) is 0 Å². The van der Waals surface area contributed by atoms with Crippen LogP contribution in [0.5, 0.6) is 0 Å². The Bertz CT molecular complexity index is 260. The minimum atomic E-state index is -0.133. The molecule has 16 heavy (non-hydrogen) atoms. The highest BCUT2D eigenvalue weighted by Gasteiger charge is 2.53. The van der Waals surface area contributed by atoms with Crippen molar-refractivity contribution in [1.82, 2.24) is 0 Å². The van der Waals surface area contributed by atoms with Gasteiger partial charge in [-0.2, -0.15) is 0 Å². The van der Waals surface area contributed by atoms with Crippen molar-refractivity contribution in [3.8, 4) is 0 Å². The van der Waals surface area contributed by atoms with E-state index in [-0.39, 0.29) is 6.10 Å². The zero-order chi connectivity index (χ0) is 11.1. The van der Waals surface area contributed by atoms with Gasteiger partial charge < -0.3 is 5.11 Å². The van der Waals surface area contributed by atoms with Gasteiger partial charge in [0.25, 0.3) is 5.78 Å². The molecule has 3 aliphatic rings. The van der Waals surface area contributed by atoms with E-state index in [1.807, 2.05) is 0 Å². The standard InChI is InChI=1S/C14H22O2/c15-13-9-5-1-2-6-10(9)14(16)12-8-4-3-7-11(12)13/h9-13,15H,1-8H2/p+1. The molecule has 0 aromatic rings. The first-order valence-electron chi connectivity index (χ1n) is 7.03. The van der Waals surface area contributed by atoms with Crippen molar-refractivity contribution in [3.63, 3.8) is 0 Å². The van der Waals surface area contributed by atoms with Crippen molar-refractivity contribution in [1.29, 1.82) is 0 Å². The highest BCUT2D eigenvalue weighted by Crippen LogP contribution is 2.48. The van der Waals surface area contributed by atoms with Crippen molar-refractivity contribution < 1.29 is 9.90 Å². The summed E-state index contributed by atoms with van der Waals surface area (Å²) in [5.74, 6) is 2.15. The van der Waals surface area contributed by atoms with Gasteiger partial charge in [0.2, 0.25) is 0 Å². The molecule has 2 heteroatoms. The van der Waals surface area contributed by atoms with Gasteiger partial charge in [0.1, 0.15) is 0 Å². The van der Waals surface area contributed by atoms with Crippen LogP contribution in [-0.2, 0) is 0 Å². The SMILES string of the molecule is OC1C2CCCCC2C(=[OH+])C2CCCCC21. The topological polar surface area (TPSA) is 41.6 Å². The van der Waals surface area contributed by atoms with E-state index in [4.69, 9.17) is 0 Å². The molecule has 3 aliphatic carbocycles. The number of ketones is 1. The zero-order valence-electron chi connectivity index (χ0n) is 9.94. The number of hydrogen-bond acceptors (Lipinski definition) is 1. The molecule has 4 unspecified atom stereocenters. The predicted molar refractivity (Wildman–Crippen MR) is 63.8 cm³/mol. The quantitative estimate of drug-likeness (QED) is 0.630. The molecule has 3 fully saturated rings. The Hall–Kier alpha value is -0.370. The van der Waals surface area contributed by atoms with E-state index in [1.165, 1.54) is 25.7 Å². The molecule has 0 heterocycles. The minimum Gasteiger partial charge on any atom is -0.392 e. The van der Waals surface area contributed by atoms with E-state index in [2.05, 4.69) is 0 Å². The van der Waals surface area contributed by atoms with Crippen LogP contribution in [-0.4, -0.2) is 21.8 Å². The molecular weight excluding hydrogens is 200 g/mol. The number of aliphatic hydroxyl groups is 1. The van der Waals surface area contributed by atoms with Gasteiger partial charge in [0.05, 0.1) is 17.9 Å². The number of hydrogen-bond donors (Lipinski definition) is 1. The lowest BCUT2D eigenvalue weighted by atomic mass is 9.58. The van der Waals surface area contributed by atoms with Crippen molar-refractivity contribution in [2.75, 3.05) is 0 Å². The van der Waals surface area contributed by atoms with Crippen molar-refractivity contribution in [2.45, 2.75) is 57.5 Å². The third kappa shape index (κ3) is 1.54. The summed E-state index contributed by atoms with van der Waals surface area (Å²) < 4.78 is 0.